The lowest BCUT2D eigenvalue weighted by Gasteiger charge is -2.15. The second kappa shape index (κ2) is 12.8. The number of aryl methyl sites for hydroxylation is 1. The molecule has 1 atom stereocenters. The van der Waals surface area contributed by atoms with Crippen molar-refractivity contribution in [3.05, 3.63) is 76.8 Å². The van der Waals surface area contributed by atoms with Gasteiger partial charge in [0.2, 0.25) is 10.0 Å². The van der Waals surface area contributed by atoms with Crippen LogP contribution in [0.2, 0.25) is 5.02 Å². The lowest BCUT2D eigenvalue weighted by atomic mass is 10.0. The van der Waals surface area contributed by atoms with Gasteiger partial charge in [0.15, 0.2) is 0 Å². The molecule has 3 aromatic carbocycles. The molecule has 0 fully saturated rings. The highest BCUT2D eigenvalue weighted by Crippen LogP contribution is 2.31. The molecule has 0 aliphatic carbocycles. The Balaban J connectivity index is 1.47. The van der Waals surface area contributed by atoms with Crippen LogP contribution in [0.25, 0.3) is 11.1 Å². The van der Waals surface area contributed by atoms with Crippen LogP contribution in [0.4, 0.5) is 5.69 Å². The maximum Gasteiger partial charge on any atom is 0.303 e. The summed E-state index contributed by atoms with van der Waals surface area (Å²) in [6, 6.07) is 17.3. The summed E-state index contributed by atoms with van der Waals surface area (Å²) < 4.78 is 30.8. The van der Waals surface area contributed by atoms with E-state index in [9.17, 15) is 23.4 Å². The van der Waals surface area contributed by atoms with Crippen molar-refractivity contribution in [2.45, 2.75) is 18.9 Å². The minimum absolute atomic E-state index is 0.00500. The molecule has 0 saturated heterocycles. The number of carbonyl (C=O) groups is 1. The first-order valence-corrected chi connectivity index (χ1v) is 13.7. The van der Waals surface area contributed by atoms with Gasteiger partial charge in [-0.2, -0.15) is 0 Å². The Labute approximate surface area is 220 Å². The molecular weight excluding hydrogens is 520 g/mol. The van der Waals surface area contributed by atoms with Crippen molar-refractivity contribution in [2.75, 3.05) is 30.7 Å². The van der Waals surface area contributed by atoms with Gasteiger partial charge in [-0.3, -0.25) is 9.52 Å². The Bertz CT molecular complexity index is 1330. The summed E-state index contributed by atoms with van der Waals surface area (Å²) in [6.07, 6.45) is 0.607. The maximum atomic E-state index is 11.4. The molecule has 3 rings (SSSR count). The number of rotatable bonds is 13. The third kappa shape index (κ3) is 8.94. The van der Waals surface area contributed by atoms with Crippen LogP contribution >= 0.6 is 11.6 Å². The van der Waals surface area contributed by atoms with Crippen molar-refractivity contribution in [3.63, 3.8) is 0 Å². The van der Waals surface area contributed by atoms with Gasteiger partial charge in [-0.15, -0.1) is 0 Å². The number of hydrogen-bond donors (Lipinski definition) is 5. The van der Waals surface area contributed by atoms with Gasteiger partial charge >= 0.3 is 5.97 Å². The van der Waals surface area contributed by atoms with Crippen LogP contribution in [0, 0.1) is 0 Å². The summed E-state index contributed by atoms with van der Waals surface area (Å²) in [6.45, 7) is 0.890. The molecule has 0 bridgehead atoms. The number of benzene rings is 3. The maximum absolute atomic E-state index is 11.4. The summed E-state index contributed by atoms with van der Waals surface area (Å²) in [5.41, 5.74) is 3.24. The highest BCUT2D eigenvalue weighted by atomic mass is 35.5. The molecule has 0 amide bonds. The minimum atomic E-state index is -3.57. The molecule has 5 N–H and O–H groups in total. The zero-order valence-electron chi connectivity index (χ0n) is 20.1. The fraction of sp³-hybridized carbons (Fsp3) is 0.269. The fourth-order valence-corrected chi connectivity index (χ4v) is 4.34. The van der Waals surface area contributed by atoms with Crippen LogP contribution in [0.3, 0.4) is 0 Å². The predicted molar refractivity (Wildman–Crippen MR) is 143 cm³/mol. The van der Waals surface area contributed by atoms with Gasteiger partial charge in [-0.05, 0) is 52.9 Å². The number of aliphatic carboxylic acids is 1. The minimum Gasteiger partial charge on any atom is -0.506 e. The van der Waals surface area contributed by atoms with Crippen molar-refractivity contribution >= 4 is 33.3 Å². The molecule has 9 nitrogen and oxygen atoms in total. The molecule has 0 saturated carbocycles. The molecule has 0 radical (unpaired) electrons. The zero-order valence-corrected chi connectivity index (χ0v) is 21.7. The third-order valence-electron chi connectivity index (χ3n) is 5.42. The van der Waals surface area contributed by atoms with E-state index in [0.29, 0.717) is 35.9 Å². The second-order valence-electron chi connectivity index (χ2n) is 8.46. The van der Waals surface area contributed by atoms with E-state index in [4.69, 9.17) is 21.4 Å². The number of phenols is 1. The van der Waals surface area contributed by atoms with Crippen molar-refractivity contribution in [1.82, 2.24) is 5.32 Å². The normalized spacial score (nSPS) is 12.2. The van der Waals surface area contributed by atoms with E-state index < -0.39 is 22.1 Å². The Kier molecular flexibility index (Phi) is 9.76. The van der Waals surface area contributed by atoms with E-state index in [2.05, 4.69) is 10.0 Å². The van der Waals surface area contributed by atoms with Crippen LogP contribution in [0.15, 0.2) is 60.7 Å². The summed E-state index contributed by atoms with van der Waals surface area (Å²) in [7, 11) is -3.57. The number of anilines is 1. The molecule has 11 heteroatoms. The number of carboxylic acids is 1. The van der Waals surface area contributed by atoms with E-state index in [-0.39, 0.29) is 24.4 Å². The highest BCUT2D eigenvalue weighted by Gasteiger charge is 2.13. The number of aliphatic hydroxyl groups excluding tert-OH is 1. The van der Waals surface area contributed by atoms with Crippen molar-refractivity contribution in [2.24, 2.45) is 0 Å². The molecule has 0 aromatic heterocycles. The molecule has 0 unspecified atom stereocenters. The van der Waals surface area contributed by atoms with E-state index in [0.717, 1.165) is 22.9 Å². The largest absolute Gasteiger partial charge is 0.506 e. The van der Waals surface area contributed by atoms with Gasteiger partial charge in [0, 0.05) is 19.5 Å². The Morgan fingerprint density at radius 3 is 2.41 bits per heavy atom. The summed E-state index contributed by atoms with van der Waals surface area (Å²) in [5, 5.41) is 32.5. The van der Waals surface area contributed by atoms with Crippen LogP contribution in [0.5, 0.6) is 11.5 Å². The van der Waals surface area contributed by atoms with Gasteiger partial charge < -0.3 is 25.4 Å². The van der Waals surface area contributed by atoms with Gasteiger partial charge in [0.1, 0.15) is 18.1 Å². The molecule has 37 heavy (non-hydrogen) atoms. The SMILES string of the molecule is CS(=O)(=O)Nc1cc([C@H](O)CNCCOc2ccc(-c3ccc(CCC(=O)O)cc3)cc2Cl)ccc1O. The molecule has 198 valence electrons. The number of hydrogen-bond acceptors (Lipinski definition) is 7. The standard InChI is InChI=1S/C26H29ClN2O7S/c1-37(34,35)29-22-15-20(7-9-23(22)30)24(31)16-28-12-13-36-25-10-8-19(14-21(25)27)18-5-2-17(3-6-18)4-11-26(32)33/h2-3,5-10,14-15,24,28-31H,4,11-13,16H2,1H3,(H,32,33)/t24-/m1/s1. The summed E-state index contributed by atoms with van der Waals surface area (Å²) >= 11 is 6.39. The van der Waals surface area contributed by atoms with E-state index in [1.165, 1.54) is 18.2 Å². The van der Waals surface area contributed by atoms with Crippen LogP contribution in [0.1, 0.15) is 23.7 Å². The monoisotopic (exact) mass is 548 g/mol. The van der Waals surface area contributed by atoms with Crippen molar-refractivity contribution < 1.29 is 33.3 Å². The first-order chi connectivity index (χ1) is 17.5. The number of aromatic hydroxyl groups is 1. The van der Waals surface area contributed by atoms with Crippen LogP contribution in [-0.4, -0.2) is 55.7 Å². The number of sulfonamides is 1. The van der Waals surface area contributed by atoms with E-state index >= 15 is 0 Å². The van der Waals surface area contributed by atoms with Gasteiger partial charge in [0.25, 0.3) is 0 Å². The van der Waals surface area contributed by atoms with E-state index in [1.54, 1.807) is 12.1 Å². The first kappa shape index (κ1) is 28.3. The molecule has 0 aliphatic rings. The molecule has 0 aliphatic heterocycles. The average molecular weight is 549 g/mol. The number of carboxylic acid groups (broad SMARTS) is 1. The Hall–Kier alpha value is -3.31. The predicted octanol–water partition coefficient (Wildman–Crippen LogP) is 3.80. The van der Waals surface area contributed by atoms with Crippen molar-refractivity contribution in [3.8, 4) is 22.6 Å². The molecule has 0 spiro atoms. The van der Waals surface area contributed by atoms with E-state index in [1.807, 2.05) is 30.3 Å². The lowest BCUT2D eigenvalue weighted by Crippen LogP contribution is -2.26. The van der Waals surface area contributed by atoms with Gasteiger partial charge in [-0.25, -0.2) is 8.42 Å². The van der Waals surface area contributed by atoms with Crippen molar-refractivity contribution in [1.29, 1.82) is 0 Å². The smallest absolute Gasteiger partial charge is 0.303 e. The number of ether oxygens (including phenoxy) is 1. The number of aliphatic hydroxyl groups is 1. The fourth-order valence-electron chi connectivity index (χ4n) is 3.54. The average Bonchev–Trinajstić information content (AvgIpc) is 2.84. The topological polar surface area (TPSA) is 145 Å². The van der Waals surface area contributed by atoms with Crippen LogP contribution in [-0.2, 0) is 21.2 Å². The third-order valence-corrected chi connectivity index (χ3v) is 6.31. The number of nitrogens with one attached hydrogen (secondary N) is 2. The highest BCUT2D eigenvalue weighted by molar-refractivity contribution is 7.92. The van der Waals surface area contributed by atoms with Crippen LogP contribution < -0.4 is 14.8 Å². The molecule has 0 heterocycles. The summed E-state index contributed by atoms with van der Waals surface area (Å²) in [4.78, 5) is 10.7. The lowest BCUT2D eigenvalue weighted by molar-refractivity contribution is -0.136. The number of phenolic OH excluding ortho intramolecular Hbond substituents is 1. The second-order valence-corrected chi connectivity index (χ2v) is 10.6. The quantitative estimate of drug-likeness (QED) is 0.160. The Morgan fingerprint density at radius 1 is 1.05 bits per heavy atom. The zero-order chi connectivity index (χ0) is 27.0. The first-order valence-electron chi connectivity index (χ1n) is 11.4. The number of halogens is 1. The molecular formula is C26H29ClN2O7S. The summed E-state index contributed by atoms with van der Waals surface area (Å²) in [5.74, 6) is -0.549. The molecule has 3 aromatic rings. The van der Waals surface area contributed by atoms with Gasteiger partial charge in [-0.1, -0.05) is 48.0 Å². The van der Waals surface area contributed by atoms with Gasteiger partial charge in [0.05, 0.1) is 23.1 Å². The Morgan fingerprint density at radius 2 is 1.76 bits per heavy atom.